The summed E-state index contributed by atoms with van der Waals surface area (Å²) in [5.41, 5.74) is 4.01. The largest absolute Gasteiger partial charge is 0.390 e. The van der Waals surface area contributed by atoms with E-state index in [1.54, 1.807) is 11.3 Å². The van der Waals surface area contributed by atoms with Gasteiger partial charge in [0, 0.05) is 17.4 Å². The van der Waals surface area contributed by atoms with Crippen molar-refractivity contribution in [3.63, 3.8) is 0 Å². The summed E-state index contributed by atoms with van der Waals surface area (Å²) in [5.74, 6) is 0. The summed E-state index contributed by atoms with van der Waals surface area (Å²) >= 11 is 1.61. The maximum absolute atomic E-state index is 9.81. The van der Waals surface area contributed by atoms with Crippen LogP contribution in [0, 0.1) is 13.8 Å². The van der Waals surface area contributed by atoms with Crippen molar-refractivity contribution in [2.75, 3.05) is 0 Å². The van der Waals surface area contributed by atoms with Gasteiger partial charge in [0.05, 0.1) is 16.3 Å². The molecule has 96 valence electrons. The van der Waals surface area contributed by atoms with E-state index < -0.39 is 5.60 Å². The van der Waals surface area contributed by atoms with Gasteiger partial charge in [-0.25, -0.2) is 4.98 Å². The van der Waals surface area contributed by atoms with Crippen LogP contribution in [0.1, 0.15) is 30.0 Å². The van der Waals surface area contributed by atoms with Crippen LogP contribution in [-0.4, -0.2) is 15.7 Å². The summed E-state index contributed by atoms with van der Waals surface area (Å²) in [7, 11) is 0. The number of aliphatic hydroxyl groups is 1. The highest BCUT2D eigenvalue weighted by Gasteiger charge is 2.16. The normalized spacial score (nSPS) is 11.8. The van der Waals surface area contributed by atoms with Crippen LogP contribution in [0.5, 0.6) is 0 Å². The highest BCUT2D eigenvalue weighted by Crippen LogP contribution is 2.27. The second-order valence-corrected chi connectivity index (χ2v) is 6.38. The van der Waals surface area contributed by atoms with Crippen molar-refractivity contribution in [1.82, 2.24) is 4.98 Å². The molecule has 3 heteroatoms. The lowest BCUT2D eigenvalue weighted by Crippen LogP contribution is -2.21. The van der Waals surface area contributed by atoms with Crippen molar-refractivity contribution in [2.24, 2.45) is 0 Å². The van der Waals surface area contributed by atoms with Crippen LogP contribution in [0.3, 0.4) is 0 Å². The SMILES string of the molecule is Cc1ccc(-c2csc(CC(C)(C)O)n2)c(C)c1. The molecule has 0 saturated heterocycles. The Morgan fingerprint density at radius 3 is 2.61 bits per heavy atom. The highest BCUT2D eigenvalue weighted by molar-refractivity contribution is 7.09. The smallest absolute Gasteiger partial charge is 0.0961 e. The van der Waals surface area contributed by atoms with E-state index in [4.69, 9.17) is 0 Å². The molecule has 0 saturated carbocycles. The van der Waals surface area contributed by atoms with Gasteiger partial charge in [0.2, 0.25) is 0 Å². The first-order valence-electron chi connectivity index (χ1n) is 6.09. The molecule has 0 unspecified atom stereocenters. The lowest BCUT2D eigenvalue weighted by Gasteiger charge is -2.14. The number of hydrogen-bond acceptors (Lipinski definition) is 3. The molecule has 0 atom stereocenters. The zero-order valence-electron chi connectivity index (χ0n) is 11.3. The third-order valence-electron chi connectivity index (χ3n) is 2.79. The van der Waals surface area contributed by atoms with E-state index in [1.807, 2.05) is 13.8 Å². The fraction of sp³-hybridized carbons (Fsp3) is 0.400. The van der Waals surface area contributed by atoms with Gasteiger partial charge in [0.25, 0.3) is 0 Å². The minimum Gasteiger partial charge on any atom is -0.390 e. The molecule has 0 amide bonds. The lowest BCUT2D eigenvalue weighted by atomic mass is 10.0. The van der Waals surface area contributed by atoms with Gasteiger partial charge in [-0.05, 0) is 33.3 Å². The zero-order chi connectivity index (χ0) is 13.3. The molecule has 2 nitrogen and oxygen atoms in total. The van der Waals surface area contributed by atoms with Gasteiger partial charge in [0.1, 0.15) is 0 Å². The van der Waals surface area contributed by atoms with Gasteiger partial charge < -0.3 is 5.11 Å². The number of aryl methyl sites for hydroxylation is 2. The van der Waals surface area contributed by atoms with Gasteiger partial charge in [-0.1, -0.05) is 23.8 Å². The van der Waals surface area contributed by atoms with Gasteiger partial charge >= 0.3 is 0 Å². The average Bonchev–Trinajstić information content (AvgIpc) is 2.63. The molecule has 0 aliphatic rings. The molecule has 2 aromatic rings. The molecule has 1 aromatic heterocycles. The summed E-state index contributed by atoms with van der Waals surface area (Å²) in [6.45, 7) is 7.82. The summed E-state index contributed by atoms with van der Waals surface area (Å²) in [4.78, 5) is 4.61. The second-order valence-electron chi connectivity index (χ2n) is 5.43. The molecule has 0 spiro atoms. The molecular formula is C15H19NOS. The minimum atomic E-state index is -0.697. The van der Waals surface area contributed by atoms with Crippen molar-refractivity contribution in [1.29, 1.82) is 0 Å². The molecule has 1 heterocycles. The monoisotopic (exact) mass is 261 g/mol. The van der Waals surface area contributed by atoms with Crippen molar-refractivity contribution >= 4 is 11.3 Å². The topological polar surface area (TPSA) is 33.1 Å². The lowest BCUT2D eigenvalue weighted by molar-refractivity contribution is 0.0809. The zero-order valence-corrected chi connectivity index (χ0v) is 12.1. The van der Waals surface area contributed by atoms with Gasteiger partial charge in [-0.3, -0.25) is 0 Å². The maximum atomic E-state index is 9.81. The van der Waals surface area contributed by atoms with E-state index in [2.05, 4.69) is 42.4 Å². The van der Waals surface area contributed by atoms with Gasteiger partial charge in [0.15, 0.2) is 0 Å². The predicted octanol–water partition coefficient (Wildman–Crippen LogP) is 3.74. The molecule has 0 aliphatic carbocycles. The van der Waals surface area contributed by atoms with E-state index in [1.165, 1.54) is 16.7 Å². The number of thiazole rings is 1. The van der Waals surface area contributed by atoms with Crippen LogP contribution >= 0.6 is 11.3 Å². The van der Waals surface area contributed by atoms with Gasteiger partial charge in [-0.15, -0.1) is 11.3 Å². The first kappa shape index (κ1) is 13.2. The Balaban J connectivity index is 2.29. The number of hydrogen-bond donors (Lipinski definition) is 1. The van der Waals surface area contributed by atoms with Crippen LogP contribution in [0.15, 0.2) is 23.6 Å². The van der Waals surface area contributed by atoms with E-state index in [-0.39, 0.29) is 0 Å². The Labute approximate surface area is 112 Å². The first-order chi connectivity index (χ1) is 8.35. The van der Waals surface area contributed by atoms with Crippen molar-refractivity contribution in [3.8, 4) is 11.3 Å². The number of nitrogens with zero attached hydrogens (tertiary/aromatic N) is 1. The average molecular weight is 261 g/mol. The van der Waals surface area contributed by atoms with Crippen LogP contribution in [-0.2, 0) is 6.42 Å². The molecule has 1 aromatic carbocycles. The predicted molar refractivity (Wildman–Crippen MR) is 77.0 cm³/mol. The molecule has 1 N–H and O–H groups in total. The van der Waals surface area contributed by atoms with Crippen LogP contribution in [0.2, 0.25) is 0 Å². The van der Waals surface area contributed by atoms with E-state index in [9.17, 15) is 5.11 Å². The molecular weight excluding hydrogens is 242 g/mol. The van der Waals surface area contributed by atoms with Crippen LogP contribution < -0.4 is 0 Å². The fourth-order valence-corrected chi connectivity index (χ4v) is 3.00. The van der Waals surface area contributed by atoms with E-state index >= 15 is 0 Å². The molecule has 0 radical (unpaired) electrons. The van der Waals surface area contributed by atoms with E-state index in [0.29, 0.717) is 6.42 Å². The third-order valence-corrected chi connectivity index (χ3v) is 3.64. The van der Waals surface area contributed by atoms with Crippen LogP contribution in [0.25, 0.3) is 11.3 Å². The summed E-state index contributed by atoms with van der Waals surface area (Å²) in [5, 5.41) is 12.9. The summed E-state index contributed by atoms with van der Waals surface area (Å²) in [6, 6.07) is 6.40. The second kappa shape index (κ2) is 4.82. The quantitative estimate of drug-likeness (QED) is 0.913. The highest BCUT2D eigenvalue weighted by atomic mass is 32.1. The van der Waals surface area contributed by atoms with Crippen molar-refractivity contribution in [3.05, 3.63) is 39.7 Å². The van der Waals surface area contributed by atoms with Crippen molar-refractivity contribution in [2.45, 2.75) is 39.7 Å². The summed E-state index contributed by atoms with van der Waals surface area (Å²) < 4.78 is 0. The van der Waals surface area contributed by atoms with Crippen molar-refractivity contribution < 1.29 is 5.11 Å². The number of rotatable bonds is 3. The van der Waals surface area contributed by atoms with Crippen LogP contribution in [0.4, 0.5) is 0 Å². The van der Waals surface area contributed by atoms with Gasteiger partial charge in [-0.2, -0.15) is 0 Å². The third kappa shape index (κ3) is 3.18. The molecule has 0 fully saturated rings. The molecule has 0 aliphatic heterocycles. The number of benzene rings is 1. The summed E-state index contributed by atoms with van der Waals surface area (Å²) in [6.07, 6.45) is 0.600. The Morgan fingerprint density at radius 1 is 1.28 bits per heavy atom. The Hall–Kier alpha value is -1.19. The fourth-order valence-electron chi connectivity index (χ4n) is 1.99. The van der Waals surface area contributed by atoms with E-state index in [0.717, 1.165) is 10.7 Å². The molecule has 0 bridgehead atoms. The minimum absolute atomic E-state index is 0.600. The maximum Gasteiger partial charge on any atom is 0.0961 e. The molecule has 2 rings (SSSR count). The standard InChI is InChI=1S/C15H19NOS/c1-10-5-6-12(11(2)7-10)13-9-18-14(16-13)8-15(3,4)17/h5-7,9,17H,8H2,1-4H3. The Bertz CT molecular complexity index is 552. The Morgan fingerprint density at radius 2 is 2.00 bits per heavy atom. The first-order valence-corrected chi connectivity index (χ1v) is 6.97. The molecule has 18 heavy (non-hydrogen) atoms. The Kier molecular flexibility index (Phi) is 3.55. The number of aromatic nitrogens is 1.